The molecule has 12 heavy (non-hydrogen) atoms. The van der Waals surface area contributed by atoms with E-state index in [1.54, 1.807) is 0 Å². The molecular weight excluding hydrogens is 148 g/mol. The third-order valence-corrected chi connectivity index (χ3v) is 2.21. The fraction of sp³-hybridized carbons (Fsp3) is 0.300. The minimum Gasteiger partial charge on any atom is -0.302 e. The predicted molar refractivity (Wildman–Crippen MR) is 50.0 cm³/mol. The van der Waals surface area contributed by atoms with Crippen LogP contribution in [0.15, 0.2) is 35.4 Å². The summed E-state index contributed by atoms with van der Waals surface area (Å²) in [4.78, 5) is 0. The van der Waals surface area contributed by atoms with E-state index in [0.29, 0.717) is 12.0 Å². The Labute approximate surface area is 72.3 Å². The van der Waals surface area contributed by atoms with E-state index in [1.165, 1.54) is 5.56 Å². The van der Waals surface area contributed by atoms with E-state index in [4.69, 9.17) is 0 Å². The first-order valence-corrected chi connectivity index (χ1v) is 4.21. The van der Waals surface area contributed by atoms with E-state index < -0.39 is 0 Å². The van der Waals surface area contributed by atoms with Crippen molar-refractivity contribution in [3.63, 3.8) is 0 Å². The van der Waals surface area contributed by atoms with Gasteiger partial charge in [0.1, 0.15) is 0 Å². The zero-order valence-electron chi connectivity index (χ0n) is 7.07. The Balaban J connectivity index is 2.22. The fourth-order valence-corrected chi connectivity index (χ4v) is 1.48. The summed E-state index contributed by atoms with van der Waals surface area (Å²) in [6, 6.07) is 10.8. The lowest BCUT2D eigenvalue weighted by atomic mass is 9.97. The van der Waals surface area contributed by atoms with Gasteiger partial charge in [-0.3, -0.25) is 0 Å². The maximum absolute atomic E-state index is 4.05. The molecular formula is C10H12N2. The van der Waals surface area contributed by atoms with Gasteiger partial charge in [-0.1, -0.05) is 37.3 Å². The van der Waals surface area contributed by atoms with Gasteiger partial charge in [0.05, 0.1) is 6.04 Å². The molecule has 0 saturated heterocycles. The second-order valence-corrected chi connectivity index (χ2v) is 3.15. The van der Waals surface area contributed by atoms with Crippen molar-refractivity contribution in [2.75, 3.05) is 0 Å². The van der Waals surface area contributed by atoms with Gasteiger partial charge in [-0.15, -0.1) is 0 Å². The van der Waals surface area contributed by atoms with Crippen molar-refractivity contribution >= 4 is 6.21 Å². The molecule has 2 atom stereocenters. The van der Waals surface area contributed by atoms with Gasteiger partial charge in [-0.25, -0.2) is 0 Å². The maximum Gasteiger partial charge on any atom is 0.0764 e. The zero-order chi connectivity index (χ0) is 8.39. The first-order valence-electron chi connectivity index (χ1n) is 4.21. The Morgan fingerprint density at radius 2 is 2.00 bits per heavy atom. The van der Waals surface area contributed by atoms with Crippen LogP contribution in [0.25, 0.3) is 0 Å². The molecule has 0 radical (unpaired) electrons. The van der Waals surface area contributed by atoms with Gasteiger partial charge in [-0.05, 0) is 5.56 Å². The van der Waals surface area contributed by atoms with Crippen LogP contribution in [0.1, 0.15) is 18.5 Å². The average molecular weight is 160 g/mol. The van der Waals surface area contributed by atoms with Gasteiger partial charge in [0, 0.05) is 12.1 Å². The molecule has 2 heteroatoms. The number of hydrogen-bond acceptors (Lipinski definition) is 2. The Morgan fingerprint density at radius 3 is 2.58 bits per heavy atom. The summed E-state index contributed by atoms with van der Waals surface area (Å²) in [6.07, 6.45) is 1.96. The molecule has 1 aliphatic rings. The summed E-state index contributed by atoms with van der Waals surface area (Å²) in [7, 11) is 0. The standard InChI is InChI=1S/C10H12N2/c1-8-7-11-12-10(8)9-5-3-2-4-6-9/h2-8,10,12H,1H3. The molecule has 0 amide bonds. The van der Waals surface area contributed by atoms with E-state index in [0.717, 1.165) is 0 Å². The molecule has 0 saturated carbocycles. The first-order chi connectivity index (χ1) is 5.88. The van der Waals surface area contributed by atoms with Crippen LogP contribution < -0.4 is 5.43 Å². The highest BCUT2D eigenvalue weighted by atomic mass is 15.3. The molecule has 1 heterocycles. The minimum absolute atomic E-state index is 0.367. The lowest BCUT2D eigenvalue weighted by Gasteiger charge is -2.14. The van der Waals surface area contributed by atoms with Crippen molar-refractivity contribution < 1.29 is 0 Å². The Kier molecular flexibility index (Phi) is 1.82. The summed E-state index contributed by atoms with van der Waals surface area (Å²) in [6.45, 7) is 2.17. The van der Waals surface area contributed by atoms with Gasteiger partial charge in [0.25, 0.3) is 0 Å². The van der Waals surface area contributed by atoms with Crippen LogP contribution in [0.5, 0.6) is 0 Å². The van der Waals surface area contributed by atoms with Crippen molar-refractivity contribution in [3.8, 4) is 0 Å². The molecule has 2 nitrogen and oxygen atoms in total. The summed E-state index contributed by atoms with van der Waals surface area (Å²) in [5.41, 5.74) is 4.40. The zero-order valence-corrected chi connectivity index (χ0v) is 7.07. The normalized spacial score (nSPS) is 27.1. The Morgan fingerprint density at radius 1 is 1.25 bits per heavy atom. The minimum atomic E-state index is 0.367. The molecule has 0 fully saturated rings. The van der Waals surface area contributed by atoms with Crippen LogP contribution >= 0.6 is 0 Å². The highest BCUT2D eigenvalue weighted by Gasteiger charge is 2.20. The summed E-state index contributed by atoms with van der Waals surface area (Å²) in [5.74, 6) is 0.493. The Hall–Kier alpha value is -1.31. The maximum atomic E-state index is 4.05. The largest absolute Gasteiger partial charge is 0.302 e. The summed E-state index contributed by atoms with van der Waals surface area (Å²) >= 11 is 0. The van der Waals surface area contributed by atoms with Crippen LogP contribution in [-0.2, 0) is 0 Å². The highest BCUT2D eigenvalue weighted by Crippen LogP contribution is 2.23. The lowest BCUT2D eigenvalue weighted by Crippen LogP contribution is -2.15. The fourth-order valence-electron chi connectivity index (χ4n) is 1.48. The third-order valence-electron chi connectivity index (χ3n) is 2.21. The molecule has 1 aliphatic heterocycles. The van der Waals surface area contributed by atoms with Crippen LogP contribution in [0, 0.1) is 5.92 Å². The SMILES string of the molecule is CC1C=NNC1c1ccccc1. The van der Waals surface area contributed by atoms with Gasteiger partial charge in [0.2, 0.25) is 0 Å². The molecule has 0 aromatic heterocycles. The highest BCUT2D eigenvalue weighted by molar-refractivity contribution is 5.63. The van der Waals surface area contributed by atoms with E-state index in [2.05, 4.69) is 41.7 Å². The molecule has 1 aromatic carbocycles. The van der Waals surface area contributed by atoms with Gasteiger partial charge >= 0.3 is 0 Å². The number of hydrogen-bond donors (Lipinski definition) is 1. The third kappa shape index (κ3) is 1.20. The summed E-state index contributed by atoms with van der Waals surface area (Å²) < 4.78 is 0. The van der Waals surface area contributed by atoms with Gasteiger partial charge in [0.15, 0.2) is 0 Å². The van der Waals surface area contributed by atoms with Gasteiger partial charge < -0.3 is 5.43 Å². The number of hydrazone groups is 1. The Bertz CT molecular complexity index is 279. The molecule has 1 aromatic rings. The molecule has 0 spiro atoms. The van der Waals surface area contributed by atoms with Crippen LogP contribution in [0.3, 0.4) is 0 Å². The number of nitrogens with one attached hydrogen (secondary N) is 1. The van der Waals surface area contributed by atoms with Crippen molar-refractivity contribution in [1.29, 1.82) is 0 Å². The van der Waals surface area contributed by atoms with Crippen molar-refractivity contribution in [2.24, 2.45) is 11.0 Å². The predicted octanol–water partition coefficient (Wildman–Crippen LogP) is 1.95. The number of rotatable bonds is 1. The molecule has 2 rings (SSSR count). The second kappa shape index (κ2) is 2.97. The lowest BCUT2D eigenvalue weighted by molar-refractivity contribution is 0.527. The monoisotopic (exact) mass is 160 g/mol. The van der Waals surface area contributed by atoms with E-state index in [-0.39, 0.29) is 0 Å². The van der Waals surface area contributed by atoms with E-state index in [1.807, 2.05) is 12.3 Å². The van der Waals surface area contributed by atoms with E-state index >= 15 is 0 Å². The molecule has 2 unspecified atom stereocenters. The van der Waals surface area contributed by atoms with Gasteiger partial charge in [-0.2, -0.15) is 5.10 Å². The second-order valence-electron chi connectivity index (χ2n) is 3.15. The molecule has 0 bridgehead atoms. The van der Waals surface area contributed by atoms with Crippen LogP contribution in [0.4, 0.5) is 0 Å². The quantitative estimate of drug-likeness (QED) is 0.667. The number of nitrogens with zero attached hydrogens (tertiary/aromatic N) is 1. The van der Waals surface area contributed by atoms with E-state index in [9.17, 15) is 0 Å². The smallest absolute Gasteiger partial charge is 0.0764 e. The molecule has 62 valence electrons. The van der Waals surface area contributed by atoms with Crippen LogP contribution in [0.2, 0.25) is 0 Å². The first kappa shape index (κ1) is 7.35. The van der Waals surface area contributed by atoms with Crippen molar-refractivity contribution in [1.82, 2.24) is 5.43 Å². The topological polar surface area (TPSA) is 24.4 Å². The average Bonchev–Trinajstić information content (AvgIpc) is 2.53. The number of benzene rings is 1. The van der Waals surface area contributed by atoms with Crippen molar-refractivity contribution in [3.05, 3.63) is 35.9 Å². The molecule has 1 N–H and O–H groups in total. The van der Waals surface area contributed by atoms with Crippen molar-refractivity contribution in [2.45, 2.75) is 13.0 Å². The summed E-state index contributed by atoms with van der Waals surface area (Å²) in [5, 5.41) is 4.05. The van der Waals surface area contributed by atoms with Crippen LogP contribution in [-0.4, -0.2) is 6.21 Å². The molecule has 0 aliphatic carbocycles.